The van der Waals surface area contributed by atoms with E-state index >= 15 is 0 Å². The minimum Gasteiger partial charge on any atom is -0.478 e. The Labute approximate surface area is 101 Å². The summed E-state index contributed by atoms with van der Waals surface area (Å²) in [6, 6.07) is 4.95. The average Bonchev–Trinajstić information content (AvgIpc) is 2.93. The highest BCUT2D eigenvalue weighted by Gasteiger charge is 2.14. The summed E-state index contributed by atoms with van der Waals surface area (Å²) in [5.74, 6) is -1.01. The van der Waals surface area contributed by atoms with Gasteiger partial charge in [-0.05, 0) is 12.1 Å². The van der Waals surface area contributed by atoms with Gasteiger partial charge in [-0.2, -0.15) is 5.10 Å². The van der Waals surface area contributed by atoms with Crippen LogP contribution in [0.4, 0.5) is 0 Å². The van der Waals surface area contributed by atoms with Gasteiger partial charge < -0.3 is 5.11 Å². The van der Waals surface area contributed by atoms with Crippen molar-refractivity contribution in [2.45, 2.75) is 0 Å². The van der Waals surface area contributed by atoms with Crippen molar-refractivity contribution in [3.63, 3.8) is 0 Å². The Balaban J connectivity index is 2.27. The molecule has 2 aromatic heterocycles. The highest BCUT2D eigenvalue weighted by atomic mass is 16.4. The zero-order valence-corrected chi connectivity index (χ0v) is 9.48. The Morgan fingerprint density at radius 3 is 2.89 bits per heavy atom. The van der Waals surface area contributed by atoms with Crippen LogP contribution in [0.25, 0.3) is 16.7 Å². The molecule has 0 amide bonds. The minimum atomic E-state index is -1.01. The lowest BCUT2D eigenvalue weighted by atomic mass is 10.2. The third kappa shape index (κ3) is 1.45. The molecule has 1 aromatic carbocycles. The lowest BCUT2D eigenvalue weighted by molar-refractivity contribution is 0.0699. The number of aromatic carboxylic acids is 1. The van der Waals surface area contributed by atoms with Gasteiger partial charge in [0.05, 0.1) is 23.5 Å². The Kier molecular flexibility index (Phi) is 2.12. The van der Waals surface area contributed by atoms with Gasteiger partial charge >= 0.3 is 5.97 Å². The highest BCUT2D eigenvalue weighted by molar-refractivity contribution is 6.00. The molecular weight excluding hydrogens is 234 g/mol. The number of hydrogen-bond donors (Lipinski definition) is 1. The van der Waals surface area contributed by atoms with E-state index in [4.69, 9.17) is 5.11 Å². The average molecular weight is 243 g/mol. The second-order valence-electron chi connectivity index (χ2n) is 3.85. The van der Waals surface area contributed by atoms with Crippen LogP contribution >= 0.6 is 0 Å². The first-order chi connectivity index (χ1) is 8.66. The lowest BCUT2D eigenvalue weighted by Gasteiger charge is -1.98. The SMILES string of the molecule is Cn1cc(-n2nnc3c(C(=O)O)cccc32)cn1. The summed E-state index contributed by atoms with van der Waals surface area (Å²) in [5, 5.41) is 21.0. The molecule has 90 valence electrons. The molecule has 0 atom stereocenters. The molecule has 7 heteroatoms. The summed E-state index contributed by atoms with van der Waals surface area (Å²) in [6.07, 6.45) is 3.42. The summed E-state index contributed by atoms with van der Waals surface area (Å²) in [4.78, 5) is 11.1. The van der Waals surface area contributed by atoms with E-state index in [1.54, 1.807) is 40.9 Å². The number of rotatable bonds is 2. The number of hydrogen-bond acceptors (Lipinski definition) is 4. The molecule has 0 fully saturated rings. The molecule has 0 aliphatic carbocycles. The molecule has 7 nitrogen and oxygen atoms in total. The highest BCUT2D eigenvalue weighted by Crippen LogP contribution is 2.19. The van der Waals surface area contributed by atoms with Gasteiger partial charge in [0, 0.05) is 7.05 Å². The van der Waals surface area contributed by atoms with Crippen molar-refractivity contribution in [3.8, 4) is 5.69 Å². The van der Waals surface area contributed by atoms with Gasteiger partial charge in [-0.1, -0.05) is 11.3 Å². The van der Waals surface area contributed by atoms with E-state index in [2.05, 4.69) is 15.4 Å². The molecule has 0 unspecified atom stereocenters. The molecule has 18 heavy (non-hydrogen) atoms. The van der Waals surface area contributed by atoms with Crippen molar-refractivity contribution in [2.75, 3.05) is 0 Å². The fourth-order valence-corrected chi connectivity index (χ4v) is 1.83. The predicted octanol–water partition coefficient (Wildman–Crippen LogP) is 0.852. The van der Waals surface area contributed by atoms with E-state index in [1.165, 1.54) is 6.07 Å². The number of fused-ring (bicyclic) bond motifs is 1. The maximum atomic E-state index is 11.1. The Morgan fingerprint density at radius 1 is 1.39 bits per heavy atom. The molecular formula is C11H9N5O2. The third-order valence-corrected chi connectivity index (χ3v) is 2.64. The lowest BCUT2D eigenvalue weighted by Crippen LogP contribution is -1.98. The topological polar surface area (TPSA) is 85.8 Å². The number of benzene rings is 1. The van der Waals surface area contributed by atoms with E-state index < -0.39 is 5.97 Å². The molecule has 0 aliphatic rings. The molecule has 0 bridgehead atoms. The second-order valence-corrected chi connectivity index (χ2v) is 3.85. The molecule has 2 heterocycles. The van der Waals surface area contributed by atoms with Crippen LogP contribution in [-0.4, -0.2) is 35.9 Å². The molecule has 3 aromatic rings. The largest absolute Gasteiger partial charge is 0.478 e. The number of aryl methyl sites for hydroxylation is 1. The monoisotopic (exact) mass is 243 g/mol. The summed E-state index contributed by atoms with van der Waals surface area (Å²) in [5.41, 5.74) is 1.89. The van der Waals surface area contributed by atoms with E-state index in [0.29, 0.717) is 11.0 Å². The van der Waals surface area contributed by atoms with Crippen LogP contribution in [0, 0.1) is 0 Å². The first-order valence-electron chi connectivity index (χ1n) is 5.23. The Bertz CT molecular complexity index is 743. The fraction of sp³-hybridized carbons (Fsp3) is 0.0909. The molecule has 0 aliphatic heterocycles. The number of aromatic nitrogens is 5. The summed E-state index contributed by atoms with van der Waals surface area (Å²) >= 11 is 0. The molecule has 0 saturated heterocycles. The molecule has 3 rings (SSSR count). The van der Waals surface area contributed by atoms with Crippen LogP contribution in [-0.2, 0) is 7.05 Å². The fourth-order valence-electron chi connectivity index (χ4n) is 1.83. The summed E-state index contributed by atoms with van der Waals surface area (Å²) in [7, 11) is 1.80. The number of carboxylic acid groups (broad SMARTS) is 1. The van der Waals surface area contributed by atoms with Gasteiger partial charge in [0.1, 0.15) is 11.2 Å². The van der Waals surface area contributed by atoms with Gasteiger partial charge in [-0.15, -0.1) is 5.10 Å². The van der Waals surface area contributed by atoms with Gasteiger partial charge in [0.15, 0.2) is 0 Å². The standard InChI is InChI=1S/C11H9N5O2/c1-15-6-7(5-12-15)16-9-4-2-3-8(11(17)18)10(9)13-14-16/h2-6H,1H3,(H,17,18). The number of carboxylic acids is 1. The van der Waals surface area contributed by atoms with Crippen molar-refractivity contribution in [1.29, 1.82) is 0 Å². The molecule has 0 radical (unpaired) electrons. The zero-order chi connectivity index (χ0) is 12.7. The second kappa shape index (κ2) is 3.66. The van der Waals surface area contributed by atoms with Gasteiger partial charge in [0.25, 0.3) is 0 Å². The van der Waals surface area contributed by atoms with E-state index in [-0.39, 0.29) is 5.56 Å². The smallest absolute Gasteiger partial charge is 0.338 e. The van der Waals surface area contributed by atoms with Crippen LogP contribution in [0.1, 0.15) is 10.4 Å². The minimum absolute atomic E-state index is 0.141. The van der Waals surface area contributed by atoms with Crippen molar-refractivity contribution in [1.82, 2.24) is 24.8 Å². The van der Waals surface area contributed by atoms with Gasteiger partial charge in [-0.25, -0.2) is 9.48 Å². The van der Waals surface area contributed by atoms with Crippen LogP contribution in [0.15, 0.2) is 30.6 Å². The molecule has 0 spiro atoms. The van der Waals surface area contributed by atoms with Crippen molar-refractivity contribution >= 4 is 17.0 Å². The van der Waals surface area contributed by atoms with Crippen LogP contribution < -0.4 is 0 Å². The maximum Gasteiger partial charge on any atom is 0.338 e. The first kappa shape index (κ1) is 10.5. The van der Waals surface area contributed by atoms with Crippen LogP contribution in [0.5, 0.6) is 0 Å². The first-order valence-corrected chi connectivity index (χ1v) is 5.23. The van der Waals surface area contributed by atoms with Crippen LogP contribution in [0.3, 0.4) is 0 Å². The predicted molar refractivity (Wildman–Crippen MR) is 62.6 cm³/mol. The summed E-state index contributed by atoms with van der Waals surface area (Å²) in [6.45, 7) is 0. The van der Waals surface area contributed by atoms with Crippen molar-refractivity contribution < 1.29 is 9.90 Å². The van der Waals surface area contributed by atoms with Crippen molar-refractivity contribution in [2.24, 2.45) is 7.05 Å². The Morgan fingerprint density at radius 2 is 2.22 bits per heavy atom. The normalized spacial score (nSPS) is 10.9. The van der Waals surface area contributed by atoms with Crippen molar-refractivity contribution in [3.05, 3.63) is 36.2 Å². The maximum absolute atomic E-state index is 11.1. The molecule has 1 N–H and O–H groups in total. The third-order valence-electron chi connectivity index (χ3n) is 2.64. The van der Waals surface area contributed by atoms with E-state index in [9.17, 15) is 4.79 Å². The summed E-state index contributed by atoms with van der Waals surface area (Å²) < 4.78 is 3.21. The number of carbonyl (C=O) groups is 1. The van der Waals surface area contributed by atoms with Gasteiger partial charge in [-0.3, -0.25) is 4.68 Å². The Hall–Kier alpha value is -2.70. The quantitative estimate of drug-likeness (QED) is 0.721. The van der Waals surface area contributed by atoms with Crippen LogP contribution in [0.2, 0.25) is 0 Å². The van der Waals surface area contributed by atoms with E-state index in [0.717, 1.165) is 5.69 Å². The zero-order valence-electron chi connectivity index (χ0n) is 9.48. The molecule has 0 saturated carbocycles. The van der Waals surface area contributed by atoms with E-state index in [1.807, 2.05) is 0 Å². The number of nitrogens with zero attached hydrogens (tertiary/aromatic N) is 5. The van der Waals surface area contributed by atoms with Gasteiger partial charge in [0.2, 0.25) is 0 Å².